The van der Waals surface area contributed by atoms with Crippen LogP contribution < -0.4 is 0 Å². The number of fused-ring (bicyclic) bond motifs is 1. The third-order valence-electron chi connectivity index (χ3n) is 3.77. The van der Waals surface area contributed by atoms with E-state index in [0.29, 0.717) is 11.1 Å². The van der Waals surface area contributed by atoms with E-state index in [-0.39, 0.29) is 11.7 Å². The molecule has 1 N–H and O–H groups in total. The number of hydrogen-bond donors (Lipinski definition) is 1. The van der Waals surface area contributed by atoms with E-state index in [1.165, 1.54) is 11.8 Å². The minimum Gasteiger partial charge on any atom is -0.481 e. The van der Waals surface area contributed by atoms with E-state index in [1.54, 1.807) is 4.68 Å². The van der Waals surface area contributed by atoms with Gasteiger partial charge < -0.3 is 5.11 Å². The van der Waals surface area contributed by atoms with E-state index >= 15 is 0 Å². The lowest BCUT2D eigenvalue weighted by atomic mass is 10.1. The maximum atomic E-state index is 11.2. The zero-order chi connectivity index (χ0) is 15.1. The second kappa shape index (κ2) is 5.24. The van der Waals surface area contributed by atoms with Crippen molar-refractivity contribution in [2.45, 2.75) is 35.6 Å². The summed E-state index contributed by atoms with van der Waals surface area (Å²) >= 11 is 1.43. The van der Waals surface area contributed by atoms with Crippen LogP contribution in [0.3, 0.4) is 0 Å². The van der Waals surface area contributed by atoms with Crippen LogP contribution in [0.25, 0.3) is 0 Å². The quantitative estimate of drug-likeness (QED) is 0.937. The number of thioether (sulfide) groups is 1. The fourth-order valence-electron chi connectivity index (χ4n) is 2.54. The van der Waals surface area contributed by atoms with Crippen LogP contribution in [0.2, 0.25) is 0 Å². The largest absolute Gasteiger partial charge is 0.481 e. The second-order valence-electron chi connectivity index (χ2n) is 5.48. The molecule has 0 saturated heterocycles. The van der Waals surface area contributed by atoms with Crippen LogP contribution in [0.5, 0.6) is 0 Å². The Hall–Kier alpha value is -2.15. The maximum absolute atomic E-state index is 11.2. The first-order chi connectivity index (χ1) is 10.7. The van der Waals surface area contributed by atoms with Gasteiger partial charge in [0.2, 0.25) is 5.16 Å². The molecule has 22 heavy (non-hydrogen) atoms. The Bertz CT molecular complexity index is 752. The Kier molecular flexibility index (Phi) is 3.22. The van der Waals surface area contributed by atoms with Gasteiger partial charge >= 0.3 is 5.97 Å². The first-order valence-electron chi connectivity index (χ1n) is 7.20. The first kappa shape index (κ1) is 13.5. The highest BCUT2D eigenvalue weighted by Crippen LogP contribution is 2.42. The van der Waals surface area contributed by atoms with Crippen molar-refractivity contribution in [2.75, 3.05) is 0 Å². The summed E-state index contributed by atoms with van der Waals surface area (Å²) in [5.74, 6) is 0.500. The van der Waals surface area contributed by atoms with Crippen LogP contribution in [0.1, 0.15) is 36.6 Å². The van der Waals surface area contributed by atoms with Crippen molar-refractivity contribution >= 4 is 23.4 Å². The lowest BCUT2D eigenvalue weighted by Gasteiger charge is -2.21. The SMILES string of the molecule is O=C(O)C[C@H]1Sc2nnc(C3CC3)n2N=C1c1ccccc1. The van der Waals surface area contributed by atoms with Gasteiger partial charge in [0.05, 0.1) is 17.4 Å². The number of aliphatic carboxylic acids is 1. The molecule has 6 nitrogen and oxygen atoms in total. The molecular weight excluding hydrogens is 300 g/mol. The van der Waals surface area contributed by atoms with Crippen molar-refractivity contribution < 1.29 is 9.90 Å². The van der Waals surface area contributed by atoms with E-state index in [2.05, 4.69) is 10.2 Å². The number of rotatable bonds is 4. The summed E-state index contributed by atoms with van der Waals surface area (Å²) in [6.07, 6.45) is 2.26. The molecule has 2 aliphatic rings. The van der Waals surface area contributed by atoms with Crippen LogP contribution in [0.15, 0.2) is 40.6 Å². The van der Waals surface area contributed by atoms with Crippen molar-refractivity contribution in [1.82, 2.24) is 14.9 Å². The summed E-state index contributed by atoms with van der Waals surface area (Å²) in [6, 6.07) is 9.72. The number of hydrogen-bond acceptors (Lipinski definition) is 5. The van der Waals surface area contributed by atoms with Crippen LogP contribution in [0, 0.1) is 0 Å². The molecule has 1 saturated carbocycles. The molecule has 2 heterocycles. The van der Waals surface area contributed by atoms with Gasteiger partial charge in [0.25, 0.3) is 0 Å². The van der Waals surface area contributed by atoms with E-state index in [4.69, 9.17) is 5.10 Å². The van der Waals surface area contributed by atoms with Gasteiger partial charge in [-0.15, -0.1) is 10.2 Å². The van der Waals surface area contributed by atoms with Crippen molar-refractivity contribution in [3.8, 4) is 0 Å². The fourth-order valence-corrected chi connectivity index (χ4v) is 3.64. The molecule has 0 bridgehead atoms. The molecule has 1 atom stereocenters. The first-order valence-corrected chi connectivity index (χ1v) is 8.08. The number of carbonyl (C=O) groups is 1. The van der Waals surface area contributed by atoms with Gasteiger partial charge in [-0.25, -0.2) is 0 Å². The van der Waals surface area contributed by atoms with Gasteiger partial charge in [0, 0.05) is 5.92 Å². The molecule has 2 aromatic rings. The molecule has 7 heteroatoms. The smallest absolute Gasteiger partial charge is 0.304 e. The predicted molar refractivity (Wildman–Crippen MR) is 82.3 cm³/mol. The summed E-state index contributed by atoms with van der Waals surface area (Å²) in [5, 5.41) is 22.7. The summed E-state index contributed by atoms with van der Waals surface area (Å²) in [4.78, 5) is 11.2. The average molecular weight is 314 g/mol. The summed E-state index contributed by atoms with van der Waals surface area (Å²) in [5.41, 5.74) is 1.73. The Labute approximate surface area is 131 Å². The second-order valence-corrected chi connectivity index (χ2v) is 6.65. The Morgan fingerprint density at radius 2 is 2.05 bits per heavy atom. The van der Waals surface area contributed by atoms with Crippen LogP contribution >= 0.6 is 11.8 Å². The number of carboxylic acids is 1. The standard InChI is InChI=1S/C15H14N4O2S/c20-12(21)8-11-13(9-4-2-1-3-5-9)18-19-14(10-6-7-10)16-17-15(19)22-11/h1-5,10-11H,6-8H2,(H,20,21)/t11-/m1/s1. The highest BCUT2D eigenvalue weighted by molar-refractivity contribution is 8.00. The molecule has 1 aliphatic heterocycles. The molecule has 1 aromatic heterocycles. The van der Waals surface area contributed by atoms with Gasteiger partial charge in [-0.05, 0) is 18.4 Å². The Morgan fingerprint density at radius 3 is 2.73 bits per heavy atom. The Balaban J connectivity index is 1.79. The van der Waals surface area contributed by atoms with Crippen molar-refractivity contribution in [1.29, 1.82) is 0 Å². The molecule has 0 amide bonds. The molecule has 4 rings (SSSR count). The highest BCUT2D eigenvalue weighted by Gasteiger charge is 2.35. The normalized spacial score (nSPS) is 20.4. The van der Waals surface area contributed by atoms with Gasteiger partial charge in [-0.3, -0.25) is 4.79 Å². The van der Waals surface area contributed by atoms with Gasteiger partial charge in [0.1, 0.15) is 0 Å². The third-order valence-corrected chi connectivity index (χ3v) is 4.91. The van der Waals surface area contributed by atoms with Crippen LogP contribution in [0.4, 0.5) is 0 Å². The van der Waals surface area contributed by atoms with Crippen molar-refractivity contribution in [3.63, 3.8) is 0 Å². The topological polar surface area (TPSA) is 80.4 Å². The average Bonchev–Trinajstić information content (AvgIpc) is 3.27. The van der Waals surface area contributed by atoms with Crippen molar-refractivity contribution in [3.05, 3.63) is 41.7 Å². The molecule has 112 valence electrons. The number of carboxylic acid groups (broad SMARTS) is 1. The van der Waals surface area contributed by atoms with E-state index < -0.39 is 5.97 Å². The monoisotopic (exact) mass is 314 g/mol. The lowest BCUT2D eigenvalue weighted by Crippen LogP contribution is -2.27. The number of aromatic nitrogens is 3. The molecule has 1 fully saturated rings. The summed E-state index contributed by atoms with van der Waals surface area (Å²) in [7, 11) is 0. The minimum atomic E-state index is -0.837. The summed E-state index contributed by atoms with van der Waals surface area (Å²) in [6.45, 7) is 0. The van der Waals surface area contributed by atoms with Crippen LogP contribution in [-0.4, -0.2) is 36.9 Å². The van der Waals surface area contributed by atoms with E-state index in [9.17, 15) is 9.90 Å². The number of benzene rings is 1. The molecule has 0 radical (unpaired) electrons. The zero-order valence-electron chi connectivity index (χ0n) is 11.7. The molecular formula is C15H14N4O2S. The van der Waals surface area contributed by atoms with Gasteiger partial charge in [0.15, 0.2) is 5.82 Å². The molecule has 1 aliphatic carbocycles. The van der Waals surface area contributed by atoms with Gasteiger partial charge in [-0.1, -0.05) is 42.1 Å². The molecule has 0 unspecified atom stereocenters. The Morgan fingerprint density at radius 1 is 1.27 bits per heavy atom. The highest BCUT2D eigenvalue weighted by atomic mass is 32.2. The molecule has 1 aromatic carbocycles. The predicted octanol–water partition coefficient (Wildman–Crippen LogP) is 2.36. The maximum Gasteiger partial charge on any atom is 0.304 e. The molecule has 0 spiro atoms. The summed E-state index contributed by atoms with van der Waals surface area (Å²) < 4.78 is 1.79. The fraction of sp³-hybridized carbons (Fsp3) is 0.333. The zero-order valence-corrected chi connectivity index (χ0v) is 12.5. The number of nitrogens with zero attached hydrogens (tertiary/aromatic N) is 4. The van der Waals surface area contributed by atoms with E-state index in [1.807, 2.05) is 30.3 Å². The third kappa shape index (κ3) is 2.41. The minimum absolute atomic E-state index is 0.0179. The van der Waals surface area contributed by atoms with Gasteiger partial charge in [-0.2, -0.15) is 9.78 Å². The van der Waals surface area contributed by atoms with Crippen LogP contribution in [-0.2, 0) is 4.79 Å². The lowest BCUT2D eigenvalue weighted by molar-refractivity contribution is -0.136. The van der Waals surface area contributed by atoms with Crippen molar-refractivity contribution in [2.24, 2.45) is 5.10 Å². The van der Waals surface area contributed by atoms with E-state index in [0.717, 1.165) is 29.9 Å².